The van der Waals surface area contributed by atoms with Gasteiger partial charge in [-0.25, -0.2) is 9.97 Å². The molecule has 0 radical (unpaired) electrons. The second-order valence-corrected chi connectivity index (χ2v) is 5.37. The van der Waals surface area contributed by atoms with Crippen molar-refractivity contribution in [3.63, 3.8) is 0 Å². The number of hydrogen-bond donors (Lipinski definition) is 2. The van der Waals surface area contributed by atoms with Crippen LogP contribution in [0, 0.1) is 6.92 Å². The normalized spacial score (nSPS) is 15.6. The quantitative estimate of drug-likeness (QED) is 0.712. The van der Waals surface area contributed by atoms with E-state index in [1.807, 2.05) is 13.0 Å². The van der Waals surface area contributed by atoms with Gasteiger partial charge < -0.3 is 15.0 Å². The van der Waals surface area contributed by atoms with Crippen LogP contribution < -0.4 is 4.90 Å². The summed E-state index contributed by atoms with van der Waals surface area (Å²) in [5.41, 5.74) is 1.83. The summed E-state index contributed by atoms with van der Waals surface area (Å²) in [4.78, 5) is 14.8. The largest absolute Gasteiger partial charge is 0.508 e. The fraction of sp³-hybridized carbons (Fsp3) is 0.333. The highest BCUT2D eigenvalue weighted by Gasteiger charge is 2.20. The van der Waals surface area contributed by atoms with E-state index in [9.17, 15) is 5.11 Å². The van der Waals surface area contributed by atoms with Crippen molar-refractivity contribution in [1.29, 1.82) is 0 Å². The molecule has 4 rings (SSSR count). The Bertz CT molecular complexity index is 802. The van der Waals surface area contributed by atoms with E-state index in [0.717, 1.165) is 46.7 Å². The van der Waals surface area contributed by atoms with E-state index in [1.165, 1.54) is 12.8 Å². The molecule has 20 heavy (non-hydrogen) atoms. The zero-order valence-electron chi connectivity index (χ0n) is 11.3. The van der Waals surface area contributed by atoms with Crippen LogP contribution in [0.15, 0.2) is 18.2 Å². The first-order valence-electron chi connectivity index (χ1n) is 6.96. The molecular formula is C15H16N4O. The summed E-state index contributed by atoms with van der Waals surface area (Å²) in [5.74, 6) is 2.03. The highest BCUT2D eigenvalue weighted by atomic mass is 16.3. The summed E-state index contributed by atoms with van der Waals surface area (Å²) in [7, 11) is 0. The van der Waals surface area contributed by atoms with Crippen LogP contribution in [0.5, 0.6) is 5.75 Å². The first-order chi connectivity index (χ1) is 9.72. The fourth-order valence-electron chi connectivity index (χ4n) is 3.03. The average molecular weight is 268 g/mol. The van der Waals surface area contributed by atoms with Crippen molar-refractivity contribution in [3.05, 3.63) is 24.0 Å². The molecule has 0 bridgehead atoms. The van der Waals surface area contributed by atoms with Gasteiger partial charge in [-0.3, -0.25) is 0 Å². The minimum absolute atomic E-state index is 0.270. The lowest BCUT2D eigenvalue weighted by Gasteiger charge is -2.17. The van der Waals surface area contributed by atoms with Crippen LogP contribution >= 0.6 is 0 Å². The topological polar surface area (TPSA) is 65.0 Å². The van der Waals surface area contributed by atoms with Gasteiger partial charge in [-0.05, 0) is 38.0 Å². The molecule has 2 N–H and O–H groups in total. The Labute approximate surface area is 116 Å². The number of phenols is 1. The van der Waals surface area contributed by atoms with E-state index >= 15 is 0 Å². The minimum Gasteiger partial charge on any atom is -0.508 e. The van der Waals surface area contributed by atoms with Gasteiger partial charge in [-0.1, -0.05) is 0 Å². The molecule has 3 aromatic rings. The highest BCUT2D eigenvalue weighted by molar-refractivity contribution is 6.11. The average Bonchev–Trinajstić information content (AvgIpc) is 3.04. The Kier molecular flexibility index (Phi) is 2.36. The summed E-state index contributed by atoms with van der Waals surface area (Å²) in [6.07, 6.45) is 2.41. The monoisotopic (exact) mass is 268 g/mol. The van der Waals surface area contributed by atoms with E-state index in [1.54, 1.807) is 12.1 Å². The first kappa shape index (κ1) is 11.5. The molecule has 1 fully saturated rings. The van der Waals surface area contributed by atoms with Gasteiger partial charge in [-0.2, -0.15) is 0 Å². The lowest BCUT2D eigenvalue weighted by Crippen LogP contribution is -2.19. The molecule has 3 heterocycles. The number of H-pyrrole nitrogens is 1. The van der Waals surface area contributed by atoms with Gasteiger partial charge in [0.25, 0.3) is 0 Å². The SMILES string of the molecule is Cc1nc(N2CCCC2)c2c(n1)[nH]c1ccc(O)cc12. The Morgan fingerprint density at radius 1 is 1.20 bits per heavy atom. The summed E-state index contributed by atoms with van der Waals surface area (Å²) in [6, 6.07) is 5.36. The molecule has 0 atom stereocenters. The van der Waals surface area contributed by atoms with E-state index < -0.39 is 0 Å². The number of rotatable bonds is 1. The predicted molar refractivity (Wildman–Crippen MR) is 79.2 cm³/mol. The smallest absolute Gasteiger partial charge is 0.144 e. The number of fused-ring (bicyclic) bond motifs is 3. The van der Waals surface area contributed by atoms with Gasteiger partial charge >= 0.3 is 0 Å². The number of nitrogens with one attached hydrogen (secondary N) is 1. The molecule has 0 saturated carbocycles. The molecule has 1 saturated heterocycles. The van der Waals surface area contributed by atoms with Gasteiger partial charge in [-0.15, -0.1) is 0 Å². The van der Waals surface area contributed by atoms with Crippen molar-refractivity contribution in [2.24, 2.45) is 0 Å². The standard InChI is InChI=1S/C15H16N4O/c1-9-16-14-13(15(17-9)19-6-2-3-7-19)11-8-10(20)4-5-12(11)18-14/h4-5,8,20H,2-3,6-7H2,1H3,(H,16,17,18). The van der Waals surface area contributed by atoms with E-state index in [4.69, 9.17) is 0 Å². The molecule has 0 unspecified atom stereocenters. The number of phenolic OH excluding ortho intramolecular Hbond substituents is 1. The Morgan fingerprint density at radius 3 is 2.80 bits per heavy atom. The molecule has 5 heteroatoms. The molecule has 1 aliphatic heterocycles. The first-order valence-corrected chi connectivity index (χ1v) is 6.96. The predicted octanol–water partition coefficient (Wildman–Crippen LogP) is 2.73. The molecule has 5 nitrogen and oxygen atoms in total. The highest BCUT2D eigenvalue weighted by Crippen LogP contribution is 2.34. The minimum atomic E-state index is 0.270. The number of aryl methyl sites for hydroxylation is 1. The van der Waals surface area contributed by atoms with E-state index in [0.29, 0.717) is 0 Å². The van der Waals surface area contributed by atoms with Crippen LogP contribution in [0.2, 0.25) is 0 Å². The summed E-state index contributed by atoms with van der Waals surface area (Å²) in [6.45, 7) is 4.00. The summed E-state index contributed by atoms with van der Waals surface area (Å²) >= 11 is 0. The van der Waals surface area contributed by atoms with Crippen LogP contribution in [0.25, 0.3) is 21.9 Å². The van der Waals surface area contributed by atoms with Gasteiger partial charge in [0, 0.05) is 24.0 Å². The third-order valence-corrected chi connectivity index (χ3v) is 3.93. The number of aromatic nitrogens is 3. The molecule has 1 aromatic carbocycles. The van der Waals surface area contributed by atoms with Crippen LogP contribution in [-0.2, 0) is 0 Å². The lowest BCUT2D eigenvalue weighted by atomic mass is 10.2. The Balaban J connectivity index is 2.09. The van der Waals surface area contributed by atoms with Crippen molar-refractivity contribution in [1.82, 2.24) is 15.0 Å². The molecule has 0 aliphatic carbocycles. The third kappa shape index (κ3) is 1.62. The summed E-state index contributed by atoms with van der Waals surface area (Å²) < 4.78 is 0. The molecule has 102 valence electrons. The second-order valence-electron chi connectivity index (χ2n) is 5.37. The maximum Gasteiger partial charge on any atom is 0.144 e. The second kappa shape index (κ2) is 4.10. The van der Waals surface area contributed by atoms with Gasteiger partial charge in [0.2, 0.25) is 0 Å². The summed E-state index contributed by atoms with van der Waals surface area (Å²) in [5, 5.41) is 11.8. The van der Waals surface area contributed by atoms with Crippen molar-refractivity contribution in [2.75, 3.05) is 18.0 Å². The van der Waals surface area contributed by atoms with Gasteiger partial charge in [0.1, 0.15) is 23.0 Å². The molecule has 1 aliphatic rings. The van der Waals surface area contributed by atoms with E-state index in [2.05, 4.69) is 19.9 Å². The maximum absolute atomic E-state index is 9.75. The van der Waals surface area contributed by atoms with Crippen LogP contribution in [-0.4, -0.2) is 33.1 Å². The maximum atomic E-state index is 9.75. The molecule has 0 amide bonds. The zero-order valence-corrected chi connectivity index (χ0v) is 11.3. The van der Waals surface area contributed by atoms with Gasteiger partial charge in [0.15, 0.2) is 0 Å². The van der Waals surface area contributed by atoms with Crippen LogP contribution in [0.1, 0.15) is 18.7 Å². The van der Waals surface area contributed by atoms with Gasteiger partial charge in [0.05, 0.1) is 5.39 Å². The molecular weight excluding hydrogens is 252 g/mol. The number of benzene rings is 1. The Hall–Kier alpha value is -2.30. The number of hydrogen-bond acceptors (Lipinski definition) is 4. The van der Waals surface area contributed by atoms with Crippen molar-refractivity contribution in [2.45, 2.75) is 19.8 Å². The number of aromatic hydroxyl groups is 1. The van der Waals surface area contributed by atoms with Crippen molar-refractivity contribution >= 4 is 27.8 Å². The number of aromatic amines is 1. The van der Waals surface area contributed by atoms with Crippen LogP contribution in [0.3, 0.4) is 0 Å². The van der Waals surface area contributed by atoms with Crippen LogP contribution in [0.4, 0.5) is 5.82 Å². The fourth-order valence-corrected chi connectivity index (χ4v) is 3.03. The molecule has 2 aromatic heterocycles. The lowest BCUT2D eigenvalue weighted by molar-refractivity contribution is 0.476. The van der Waals surface area contributed by atoms with Crippen molar-refractivity contribution in [3.8, 4) is 5.75 Å². The third-order valence-electron chi connectivity index (χ3n) is 3.93. The number of nitrogens with zero attached hydrogens (tertiary/aromatic N) is 3. The number of anilines is 1. The zero-order chi connectivity index (χ0) is 13.7. The van der Waals surface area contributed by atoms with E-state index in [-0.39, 0.29) is 5.75 Å². The molecule has 0 spiro atoms. The van der Waals surface area contributed by atoms with Crippen molar-refractivity contribution < 1.29 is 5.11 Å². The Morgan fingerprint density at radius 2 is 2.00 bits per heavy atom.